The highest BCUT2D eigenvalue weighted by atomic mass is 19.4. The number of halogens is 3. The second-order valence-electron chi connectivity index (χ2n) is 5.10. The molecule has 1 aliphatic heterocycles. The van der Waals surface area contributed by atoms with Gasteiger partial charge in [-0.1, -0.05) is 0 Å². The topological polar surface area (TPSA) is 73.9 Å². The maximum Gasteiger partial charge on any atom is 0.422 e. The molecular formula is C15H16F3NO5. The van der Waals surface area contributed by atoms with E-state index in [4.69, 9.17) is 9.47 Å². The number of hydrogen-bond donors (Lipinski definition) is 1. The summed E-state index contributed by atoms with van der Waals surface area (Å²) in [5.74, 6) is -1.49. The molecule has 0 radical (unpaired) electrons. The first-order chi connectivity index (χ1) is 11.3. The maximum atomic E-state index is 12.4. The summed E-state index contributed by atoms with van der Waals surface area (Å²) in [6.07, 6.45) is -3.95. The van der Waals surface area contributed by atoms with Crippen molar-refractivity contribution in [1.82, 2.24) is 0 Å². The number of amides is 1. The van der Waals surface area contributed by atoms with Crippen molar-refractivity contribution in [3.63, 3.8) is 0 Å². The molecule has 1 aromatic carbocycles. The lowest BCUT2D eigenvalue weighted by atomic mass is 10.1. The Morgan fingerprint density at radius 1 is 1.38 bits per heavy atom. The summed E-state index contributed by atoms with van der Waals surface area (Å²) in [7, 11) is 1.14. The molecule has 1 heterocycles. The van der Waals surface area contributed by atoms with Crippen molar-refractivity contribution in [1.29, 1.82) is 0 Å². The van der Waals surface area contributed by atoms with Crippen LogP contribution in [0.2, 0.25) is 0 Å². The summed E-state index contributed by atoms with van der Waals surface area (Å²) < 4.78 is 51.6. The lowest BCUT2D eigenvalue weighted by Gasteiger charge is -2.16. The number of anilines is 1. The molecule has 1 aliphatic rings. The molecule has 1 saturated heterocycles. The van der Waals surface area contributed by atoms with E-state index < -0.39 is 30.8 Å². The maximum absolute atomic E-state index is 12.4. The molecule has 24 heavy (non-hydrogen) atoms. The van der Waals surface area contributed by atoms with Crippen molar-refractivity contribution in [3.8, 4) is 5.75 Å². The molecule has 0 unspecified atom stereocenters. The number of benzene rings is 1. The molecule has 6 nitrogen and oxygen atoms in total. The smallest absolute Gasteiger partial charge is 0.422 e. The Morgan fingerprint density at radius 2 is 2.12 bits per heavy atom. The van der Waals surface area contributed by atoms with E-state index in [2.05, 4.69) is 10.1 Å². The SMILES string of the molecule is COC(=O)c1ccc(NC(=O)[C@H]2CCCO2)c(OCC(F)(F)F)c1. The van der Waals surface area contributed by atoms with E-state index in [1.165, 1.54) is 12.1 Å². The fraction of sp³-hybridized carbons (Fsp3) is 0.467. The Bertz CT molecular complexity index is 612. The zero-order chi connectivity index (χ0) is 17.7. The monoisotopic (exact) mass is 347 g/mol. The molecule has 1 atom stereocenters. The lowest BCUT2D eigenvalue weighted by molar-refractivity contribution is -0.153. The van der Waals surface area contributed by atoms with Crippen molar-refractivity contribution >= 4 is 17.6 Å². The summed E-state index contributed by atoms with van der Waals surface area (Å²) in [4.78, 5) is 23.5. The van der Waals surface area contributed by atoms with Crippen LogP contribution in [0, 0.1) is 0 Å². The number of methoxy groups -OCH3 is 1. The molecule has 1 aromatic rings. The summed E-state index contributed by atoms with van der Waals surface area (Å²) in [5, 5.41) is 2.46. The largest absolute Gasteiger partial charge is 0.482 e. The molecule has 1 amide bonds. The van der Waals surface area contributed by atoms with Crippen LogP contribution in [0.4, 0.5) is 18.9 Å². The van der Waals surface area contributed by atoms with E-state index in [-0.39, 0.29) is 17.0 Å². The van der Waals surface area contributed by atoms with Gasteiger partial charge in [-0.2, -0.15) is 13.2 Å². The van der Waals surface area contributed by atoms with Gasteiger partial charge < -0.3 is 19.5 Å². The standard InChI is InChI=1S/C15H16F3NO5/c1-22-14(21)9-4-5-10(12(7-9)24-8-15(16,17)18)19-13(20)11-3-2-6-23-11/h4-5,7,11H,2-3,6,8H2,1H3,(H,19,20)/t11-/m1/s1. The van der Waals surface area contributed by atoms with Crippen LogP contribution in [0.3, 0.4) is 0 Å². The van der Waals surface area contributed by atoms with Gasteiger partial charge in [0.1, 0.15) is 11.9 Å². The minimum Gasteiger partial charge on any atom is -0.482 e. The van der Waals surface area contributed by atoms with Gasteiger partial charge in [-0.05, 0) is 31.0 Å². The minimum atomic E-state index is -4.56. The van der Waals surface area contributed by atoms with Crippen molar-refractivity contribution in [2.75, 3.05) is 25.6 Å². The predicted octanol–water partition coefficient (Wildman–Crippen LogP) is 2.53. The summed E-state index contributed by atoms with van der Waals surface area (Å²) in [5.41, 5.74) is 0.0252. The van der Waals surface area contributed by atoms with E-state index in [0.29, 0.717) is 13.0 Å². The van der Waals surface area contributed by atoms with E-state index in [0.717, 1.165) is 19.6 Å². The molecule has 2 rings (SSSR count). The highest BCUT2D eigenvalue weighted by Crippen LogP contribution is 2.29. The van der Waals surface area contributed by atoms with Crippen LogP contribution in [0.5, 0.6) is 5.75 Å². The first-order valence-electron chi connectivity index (χ1n) is 7.14. The molecule has 1 N–H and O–H groups in total. The van der Waals surface area contributed by atoms with Gasteiger partial charge in [0.05, 0.1) is 18.4 Å². The molecule has 0 spiro atoms. The van der Waals surface area contributed by atoms with Crippen LogP contribution < -0.4 is 10.1 Å². The number of hydrogen-bond acceptors (Lipinski definition) is 5. The molecule has 1 fully saturated rings. The zero-order valence-corrected chi connectivity index (χ0v) is 12.8. The fourth-order valence-electron chi connectivity index (χ4n) is 2.15. The molecule has 0 saturated carbocycles. The van der Waals surface area contributed by atoms with Gasteiger partial charge in [0.25, 0.3) is 5.91 Å². The van der Waals surface area contributed by atoms with Crippen LogP contribution >= 0.6 is 0 Å². The number of carbonyl (C=O) groups is 2. The second kappa shape index (κ2) is 7.52. The van der Waals surface area contributed by atoms with Gasteiger partial charge in [-0.15, -0.1) is 0 Å². The Balaban J connectivity index is 2.20. The first kappa shape index (κ1) is 18.1. The molecule has 9 heteroatoms. The summed E-state index contributed by atoms with van der Waals surface area (Å²) >= 11 is 0. The lowest BCUT2D eigenvalue weighted by Crippen LogP contribution is -2.27. The molecule has 132 valence electrons. The van der Waals surface area contributed by atoms with Crippen molar-refractivity contribution < 1.29 is 37.0 Å². The predicted molar refractivity (Wildman–Crippen MR) is 76.9 cm³/mol. The van der Waals surface area contributed by atoms with Crippen molar-refractivity contribution in [2.24, 2.45) is 0 Å². The highest BCUT2D eigenvalue weighted by Gasteiger charge is 2.30. The van der Waals surface area contributed by atoms with Crippen LogP contribution in [-0.4, -0.2) is 44.5 Å². The van der Waals surface area contributed by atoms with Gasteiger partial charge in [0.2, 0.25) is 0 Å². The van der Waals surface area contributed by atoms with Crippen LogP contribution in [0.15, 0.2) is 18.2 Å². The third kappa shape index (κ3) is 4.85. The van der Waals surface area contributed by atoms with Gasteiger partial charge in [0.15, 0.2) is 6.61 Å². The van der Waals surface area contributed by atoms with Crippen LogP contribution in [0.1, 0.15) is 23.2 Å². The Morgan fingerprint density at radius 3 is 2.71 bits per heavy atom. The quantitative estimate of drug-likeness (QED) is 0.829. The van der Waals surface area contributed by atoms with E-state index in [9.17, 15) is 22.8 Å². The minimum absolute atomic E-state index is 0.00444. The van der Waals surface area contributed by atoms with Gasteiger partial charge in [0, 0.05) is 6.61 Å². The average Bonchev–Trinajstić information content (AvgIpc) is 3.06. The number of rotatable bonds is 5. The number of carbonyl (C=O) groups excluding carboxylic acids is 2. The first-order valence-corrected chi connectivity index (χ1v) is 7.14. The van der Waals surface area contributed by atoms with E-state index in [1.807, 2.05) is 0 Å². The van der Waals surface area contributed by atoms with Gasteiger partial charge in [-0.25, -0.2) is 4.79 Å². The van der Waals surface area contributed by atoms with Crippen molar-refractivity contribution in [2.45, 2.75) is 25.1 Å². The molecular weight excluding hydrogens is 331 g/mol. The van der Waals surface area contributed by atoms with Crippen LogP contribution in [-0.2, 0) is 14.3 Å². The molecule has 0 bridgehead atoms. The summed E-state index contributed by atoms with van der Waals surface area (Å²) in [6.45, 7) is -1.10. The zero-order valence-electron chi connectivity index (χ0n) is 12.8. The average molecular weight is 347 g/mol. The Hall–Kier alpha value is -2.29. The number of ether oxygens (including phenoxy) is 3. The van der Waals surface area contributed by atoms with Gasteiger partial charge >= 0.3 is 12.1 Å². The number of esters is 1. The highest BCUT2D eigenvalue weighted by molar-refractivity contribution is 5.97. The normalized spacial score (nSPS) is 17.4. The summed E-state index contributed by atoms with van der Waals surface area (Å²) in [6, 6.07) is 3.69. The van der Waals surface area contributed by atoms with E-state index in [1.54, 1.807) is 0 Å². The number of nitrogens with one attached hydrogen (secondary N) is 1. The Labute approximate surface area is 135 Å². The molecule has 0 aliphatic carbocycles. The van der Waals surface area contributed by atoms with Crippen molar-refractivity contribution in [3.05, 3.63) is 23.8 Å². The Kier molecular flexibility index (Phi) is 5.66. The van der Waals surface area contributed by atoms with Gasteiger partial charge in [-0.3, -0.25) is 4.79 Å². The third-order valence-corrected chi connectivity index (χ3v) is 3.27. The second-order valence-corrected chi connectivity index (χ2v) is 5.10. The fourth-order valence-corrected chi connectivity index (χ4v) is 2.15. The third-order valence-electron chi connectivity index (χ3n) is 3.27. The van der Waals surface area contributed by atoms with E-state index >= 15 is 0 Å². The number of alkyl halides is 3. The van der Waals surface area contributed by atoms with Crippen LogP contribution in [0.25, 0.3) is 0 Å². The molecule has 0 aromatic heterocycles.